The largest absolute Gasteiger partial charge is 0.497 e. The molecule has 1 atom stereocenters. The predicted octanol–water partition coefficient (Wildman–Crippen LogP) is 4.76. The summed E-state index contributed by atoms with van der Waals surface area (Å²) >= 11 is 0. The van der Waals surface area contributed by atoms with E-state index in [4.69, 9.17) is 4.74 Å². The van der Waals surface area contributed by atoms with E-state index in [1.807, 2.05) is 57.7 Å². The molecule has 1 aliphatic rings. The Hall–Kier alpha value is -0.810. The second-order valence-corrected chi connectivity index (χ2v) is 8.62. The lowest BCUT2D eigenvalue weighted by Crippen LogP contribution is -2.30. The van der Waals surface area contributed by atoms with Crippen LogP contribution >= 0.6 is 21.6 Å². The molecule has 0 N–H and O–H groups in total. The lowest BCUT2D eigenvalue weighted by Gasteiger charge is -2.21. The van der Waals surface area contributed by atoms with Crippen LogP contribution < -0.4 is 4.74 Å². The van der Waals surface area contributed by atoms with E-state index in [9.17, 15) is 4.79 Å². The molecule has 1 saturated heterocycles. The summed E-state index contributed by atoms with van der Waals surface area (Å²) in [5.41, 5.74) is 1.15. The van der Waals surface area contributed by atoms with Crippen LogP contribution in [0.3, 0.4) is 0 Å². The van der Waals surface area contributed by atoms with E-state index in [2.05, 4.69) is 0 Å². The van der Waals surface area contributed by atoms with Crippen molar-refractivity contribution in [2.24, 2.45) is 0 Å². The van der Waals surface area contributed by atoms with Gasteiger partial charge in [0.1, 0.15) is 5.75 Å². The Morgan fingerprint density at radius 1 is 1.30 bits per heavy atom. The molecule has 0 saturated carbocycles. The molecule has 1 aromatic carbocycles. The maximum atomic E-state index is 12.4. The molecule has 0 aliphatic carbocycles. The lowest BCUT2D eigenvalue weighted by molar-refractivity contribution is -0.131. The maximum absolute atomic E-state index is 12.4. The summed E-state index contributed by atoms with van der Waals surface area (Å²) in [6.45, 7) is 3.50. The van der Waals surface area contributed by atoms with E-state index in [1.165, 1.54) is 25.0 Å². The minimum atomic E-state index is 0.275. The van der Waals surface area contributed by atoms with Crippen molar-refractivity contribution < 1.29 is 9.53 Å². The number of carbonyl (C=O) groups excluding carboxylic acids is 1. The smallest absolute Gasteiger partial charge is 0.222 e. The zero-order chi connectivity index (χ0) is 16.5. The van der Waals surface area contributed by atoms with Crippen LogP contribution in [0.1, 0.15) is 44.6 Å². The van der Waals surface area contributed by atoms with E-state index < -0.39 is 0 Å². The van der Waals surface area contributed by atoms with E-state index >= 15 is 0 Å². The Bertz CT molecular complexity index is 472. The van der Waals surface area contributed by atoms with E-state index in [0.717, 1.165) is 29.5 Å². The van der Waals surface area contributed by atoms with Gasteiger partial charge in [-0.2, -0.15) is 0 Å². The number of benzene rings is 1. The van der Waals surface area contributed by atoms with Crippen molar-refractivity contribution in [2.75, 3.05) is 19.4 Å². The summed E-state index contributed by atoms with van der Waals surface area (Å²) in [5.74, 6) is 2.42. The highest BCUT2D eigenvalue weighted by Gasteiger charge is 2.17. The van der Waals surface area contributed by atoms with E-state index in [0.29, 0.717) is 13.0 Å². The summed E-state index contributed by atoms with van der Waals surface area (Å²) in [6, 6.07) is 7.96. The topological polar surface area (TPSA) is 29.5 Å². The van der Waals surface area contributed by atoms with Crippen molar-refractivity contribution in [3.63, 3.8) is 0 Å². The molecule has 1 heterocycles. The highest BCUT2D eigenvalue weighted by atomic mass is 33.1. The van der Waals surface area contributed by atoms with Crippen molar-refractivity contribution in [1.82, 2.24) is 4.90 Å². The van der Waals surface area contributed by atoms with Gasteiger partial charge in [-0.3, -0.25) is 4.79 Å². The van der Waals surface area contributed by atoms with Gasteiger partial charge in [0.05, 0.1) is 7.11 Å². The Morgan fingerprint density at radius 3 is 2.70 bits per heavy atom. The van der Waals surface area contributed by atoms with Crippen LogP contribution in [0.5, 0.6) is 5.75 Å². The van der Waals surface area contributed by atoms with Crippen LogP contribution in [0.15, 0.2) is 24.3 Å². The summed E-state index contributed by atoms with van der Waals surface area (Å²) in [6.07, 6.45) is 5.45. The van der Waals surface area contributed by atoms with Gasteiger partial charge in [-0.25, -0.2) is 0 Å². The van der Waals surface area contributed by atoms with Crippen LogP contribution in [0.4, 0.5) is 0 Å². The van der Waals surface area contributed by atoms with Gasteiger partial charge < -0.3 is 9.64 Å². The third-order valence-electron chi connectivity index (χ3n) is 4.16. The van der Waals surface area contributed by atoms with Crippen molar-refractivity contribution in [1.29, 1.82) is 0 Å². The SMILES string of the molecule is CCN(Cc1ccc(OC)cc1)C(=O)CCCCC1CCSS1. The third-order valence-corrected chi connectivity index (χ3v) is 7.17. The van der Waals surface area contributed by atoms with Gasteiger partial charge in [-0.05, 0) is 43.9 Å². The van der Waals surface area contributed by atoms with Crippen molar-refractivity contribution >= 4 is 27.5 Å². The molecule has 0 spiro atoms. The molecule has 128 valence electrons. The molecule has 1 amide bonds. The van der Waals surface area contributed by atoms with Crippen LogP contribution in [-0.4, -0.2) is 35.5 Å². The normalized spacial score (nSPS) is 17.2. The van der Waals surface area contributed by atoms with Crippen LogP contribution in [0.25, 0.3) is 0 Å². The molecule has 1 aliphatic heterocycles. The number of nitrogens with zero attached hydrogens (tertiary/aromatic N) is 1. The van der Waals surface area contributed by atoms with E-state index in [1.54, 1.807) is 7.11 Å². The molecule has 3 nitrogen and oxygen atoms in total. The van der Waals surface area contributed by atoms with Crippen molar-refractivity contribution in [2.45, 2.75) is 50.8 Å². The number of hydrogen-bond donors (Lipinski definition) is 0. The van der Waals surface area contributed by atoms with Gasteiger partial charge in [0, 0.05) is 30.5 Å². The summed E-state index contributed by atoms with van der Waals surface area (Å²) in [5, 5.41) is 0.816. The zero-order valence-electron chi connectivity index (χ0n) is 14.1. The average molecular weight is 354 g/mol. The second kappa shape index (κ2) is 10.1. The first-order valence-electron chi connectivity index (χ1n) is 8.42. The fraction of sp³-hybridized carbons (Fsp3) is 0.611. The monoisotopic (exact) mass is 353 g/mol. The Balaban J connectivity index is 1.71. The van der Waals surface area contributed by atoms with Crippen molar-refractivity contribution in [3.05, 3.63) is 29.8 Å². The highest BCUT2D eigenvalue weighted by molar-refractivity contribution is 8.77. The fourth-order valence-corrected chi connectivity index (χ4v) is 5.73. The summed E-state index contributed by atoms with van der Waals surface area (Å²) < 4.78 is 5.17. The highest BCUT2D eigenvalue weighted by Crippen LogP contribution is 2.39. The van der Waals surface area contributed by atoms with Gasteiger partial charge in [-0.1, -0.05) is 40.1 Å². The molecule has 0 radical (unpaired) electrons. The Kier molecular flexibility index (Phi) is 8.17. The van der Waals surface area contributed by atoms with E-state index in [-0.39, 0.29) is 5.91 Å². The summed E-state index contributed by atoms with van der Waals surface area (Å²) in [7, 11) is 5.69. The van der Waals surface area contributed by atoms with Gasteiger partial charge in [0.25, 0.3) is 0 Å². The quantitative estimate of drug-likeness (QED) is 0.473. The molecule has 1 fully saturated rings. The molecule has 5 heteroatoms. The number of methoxy groups -OCH3 is 1. The van der Waals surface area contributed by atoms with Crippen molar-refractivity contribution in [3.8, 4) is 5.75 Å². The maximum Gasteiger partial charge on any atom is 0.222 e. The van der Waals surface area contributed by atoms with Crippen LogP contribution in [0, 0.1) is 0 Å². The number of hydrogen-bond acceptors (Lipinski definition) is 4. The van der Waals surface area contributed by atoms with Gasteiger partial charge in [0.15, 0.2) is 0 Å². The molecule has 1 unspecified atom stereocenters. The van der Waals surface area contributed by atoms with Gasteiger partial charge in [-0.15, -0.1) is 0 Å². The number of unbranched alkanes of at least 4 members (excludes halogenated alkanes) is 1. The molecular weight excluding hydrogens is 326 g/mol. The number of amides is 1. The minimum absolute atomic E-state index is 0.275. The fourth-order valence-electron chi connectivity index (χ4n) is 2.70. The first-order chi connectivity index (χ1) is 11.2. The van der Waals surface area contributed by atoms with Gasteiger partial charge in [0.2, 0.25) is 5.91 Å². The molecule has 1 aromatic rings. The molecular formula is C18H27NO2S2. The zero-order valence-corrected chi connectivity index (χ0v) is 15.8. The number of ether oxygens (including phenoxy) is 1. The van der Waals surface area contributed by atoms with Gasteiger partial charge >= 0.3 is 0 Å². The summed E-state index contributed by atoms with van der Waals surface area (Å²) in [4.78, 5) is 14.3. The lowest BCUT2D eigenvalue weighted by atomic mass is 10.1. The first-order valence-corrected chi connectivity index (χ1v) is 10.8. The predicted molar refractivity (Wildman–Crippen MR) is 101 cm³/mol. The van der Waals surface area contributed by atoms with Crippen LogP contribution in [-0.2, 0) is 11.3 Å². The Labute approximate surface area is 147 Å². The molecule has 0 bridgehead atoms. The van der Waals surface area contributed by atoms with Crippen LogP contribution in [0.2, 0.25) is 0 Å². The number of rotatable bonds is 9. The number of carbonyl (C=O) groups is 1. The minimum Gasteiger partial charge on any atom is -0.497 e. The second-order valence-electron chi connectivity index (χ2n) is 5.83. The molecule has 23 heavy (non-hydrogen) atoms. The molecule has 0 aromatic heterocycles. The standard InChI is InChI=1S/C18H27NO2S2/c1-3-19(14-15-8-10-16(21-2)11-9-15)18(20)7-5-4-6-17-12-13-22-23-17/h8-11,17H,3-7,12-14H2,1-2H3. The Morgan fingerprint density at radius 2 is 2.09 bits per heavy atom. The third kappa shape index (κ3) is 6.30. The molecule has 2 rings (SSSR count). The average Bonchev–Trinajstić information content (AvgIpc) is 3.10. The first kappa shape index (κ1) is 18.5.